The lowest BCUT2D eigenvalue weighted by Crippen LogP contribution is -2.30. The number of nitrogens with two attached hydrogens (primary N) is 2. The van der Waals surface area contributed by atoms with Crippen LogP contribution in [0.3, 0.4) is 0 Å². The number of fused-ring (bicyclic) bond motifs is 1. The maximum Gasteiger partial charge on any atom is 0.249 e. The van der Waals surface area contributed by atoms with E-state index < -0.39 is 5.91 Å². The van der Waals surface area contributed by atoms with Crippen molar-refractivity contribution in [1.82, 2.24) is 29.2 Å². The Kier molecular flexibility index (Phi) is 6.89. The maximum absolute atomic E-state index is 13.1. The number of rotatable bonds is 7. The molecule has 4 heterocycles. The van der Waals surface area contributed by atoms with Crippen LogP contribution in [0, 0.1) is 0 Å². The average molecular weight is 511 g/mol. The number of carbonyl (C=O) groups excluding carboxylic acids is 2. The molecule has 0 bridgehead atoms. The third kappa shape index (κ3) is 4.73. The molecular formula is C28H30N8O2. The predicted octanol–water partition coefficient (Wildman–Crippen LogP) is 2.92. The van der Waals surface area contributed by atoms with Crippen molar-refractivity contribution in [3.63, 3.8) is 0 Å². The molecule has 1 saturated heterocycles. The van der Waals surface area contributed by atoms with Crippen LogP contribution in [0.4, 0.5) is 5.82 Å². The molecule has 10 heteroatoms. The van der Waals surface area contributed by atoms with Gasteiger partial charge in [0.05, 0.1) is 11.7 Å². The van der Waals surface area contributed by atoms with Crippen LogP contribution >= 0.6 is 0 Å². The molecule has 0 spiro atoms. The Morgan fingerprint density at radius 3 is 2.74 bits per heavy atom. The van der Waals surface area contributed by atoms with Gasteiger partial charge in [0.2, 0.25) is 11.8 Å². The van der Waals surface area contributed by atoms with Crippen LogP contribution < -0.4 is 11.5 Å². The van der Waals surface area contributed by atoms with Gasteiger partial charge in [0, 0.05) is 54.4 Å². The van der Waals surface area contributed by atoms with E-state index in [0.717, 1.165) is 18.4 Å². The summed E-state index contributed by atoms with van der Waals surface area (Å²) in [5.41, 5.74) is 15.6. The average Bonchev–Trinajstić information content (AvgIpc) is 3.54. The summed E-state index contributed by atoms with van der Waals surface area (Å²) in [6.45, 7) is 1.33. The van der Waals surface area contributed by atoms with Gasteiger partial charge in [-0.15, -0.1) is 0 Å². The molecule has 1 fully saturated rings. The Hall–Kier alpha value is -4.57. The van der Waals surface area contributed by atoms with Crippen LogP contribution in [-0.2, 0) is 4.79 Å². The fraction of sp³-hybridized carbons (Fsp3) is 0.250. The SMILES string of the molecule is CN(C)C/C=C/C(=O)N1CCC[C@H]1c1nc(-c2ccc(C(N)=O)c(-c3ccccn3)c2)c2c(N)nccn12. The Labute approximate surface area is 220 Å². The van der Waals surface area contributed by atoms with E-state index in [9.17, 15) is 9.59 Å². The smallest absolute Gasteiger partial charge is 0.249 e. The van der Waals surface area contributed by atoms with E-state index in [2.05, 4.69) is 9.97 Å². The summed E-state index contributed by atoms with van der Waals surface area (Å²) in [6.07, 6.45) is 10.3. The predicted molar refractivity (Wildman–Crippen MR) is 146 cm³/mol. The number of hydrogen-bond acceptors (Lipinski definition) is 7. The molecule has 0 saturated carbocycles. The molecule has 1 aliphatic heterocycles. The van der Waals surface area contributed by atoms with Gasteiger partial charge in [-0.3, -0.25) is 19.0 Å². The molecule has 1 aliphatic rings. The van der Waals surface area contributed by atoms with Gasteiger partial charge in [-0.2, -0.15) is 0 Å². The van der Waals surface area contributed by atoms with Gasteiger partial charge in [-0.25, -0.2) is 9.97 Å². The highest BCUT2D eigenvalue weighted by Crippen LogP contribution is 2.37. The first-order valence-corrected chi connectivity index (χ1v) is 12.4. The molecule has 10 nitrogen and oxygen atoms in total. The quantitative estimate of drug-likeness (QED) is 0.365. The normalized spacial score (nSPS) is 15.7. The number of anilines is 1. The first-order valence-electron chi connectivity index (χ1n) is 12.4. The highest BCUT2D eigenvalue weighted by molar-refractivity contribution is 6.01. The Balaban J connectivity index is 1.62. The minimum Gasteiger partial charge on any atom is -0.382 e. The zero-order chi connectivity index (χ0) is 26.8. The second-order valence-electron chi connectivity index (χ2n) is 9.54. The number of amides is 2. The molecule has 1 aromatic carbocycles. The summed E-state index contributed by atoms with van der Waals surface area (Å²) < 4.78 is 1.92. The number of imidazole rings is 1. The van der Waals surface area contributed by atoms with E-state index >= 15 is 0 Å². The van der Waals surface area contributed by atoms with E-state index in [-0.39, 0.29) is 11.9 Å². The topological polar surface area (TPSA) is 136 Å². The van der Waals surface area contributed by atoms with Gasteiger partial charge in [0.15, 0.2) is 0 Å². The second-order valence-corrected chi connectivity index (χ2v) is 9.54. The standard InChI is InChI=1S/C28H30N8O2/c1-34(2)14-6-9-23(37)35-15-5-8-22(35)28-33-24(25-26(29)32-13-16-36(25)28)18-10-11-19(27(30)38)20(17-18)21-7-3-4-12-31-21/h3-4,6-7,9-13,16-17,22H,5,8,14-15H2,1-2H3,(H2,29,32)(H2,30,38)/b9-6+/t22-/m0/s1. The van der Waals surface area contributed by atoms with E-state index in [1.54, 1.807) is 30.6 Å². The third-order valence-electron chi connectivity index (χ3n) is 6.67. The summed E-state index contributed by atoms with van der Waals surface area (Å²) in [7, 11) is 3.92. The summed E-state index contributed by atoms with van der Waals surface area (Å²) in [5.74, 6) is 0.449. The van der Waals surface area contributed by atoms with Crippen molar-refractivity contribution < 1.29 is 9.59 Å². The molecule has 0 radical (unpaired) electrons. The third-order valence-corrected chi connectivity index (χ3v) is 6.67. The minimum absolute atomic E-state index is 0.0436. The van der Waals surface area contributed by atoms with Gasteiger partial charge >= 0.3 is 0 Å². The van der Waals surface area contributed by atoms with Crippen molar-refractivity contribution in [3.8, 4) is 22.5 Å². The van der Waals surface area contributed by atoms with Gasteiger partial charge in [-0.05, 0) is 51.2 Å². The van der Waals surface area contributed by atoms with Crippen LogP contribution in [0.25, 0.3) is 28.0 Å². The second kappa shape index (κ2) is 10.4. The number of hydrogen-bond donors (Lipinski definition) is 2. The van der Waals surface area contributed by atoms with Crippen LogP contribution in [0.1, 0.15) is 35.1 Å². The van der Waals surface area contributed by atoms with E-state index in [0.29, 0.717) is 52.8 Å². The number of likely N-dealkylation sites (tertiary alicyclic amines) is 1. The molecule has 0 aliphatic carbocycles. The lowest BCUT2D eigenvalue weighted by molar-refractivity contribution is -0.127. The number of aromatic nitrogens is 4. The molecule has 4 N–H and O–H groups in total. The Morgan fingerprint density at radius 1 is 1.16 bits per heavy atom. The number of carbonyl (C=O) groups is 2. The highest BCUT2D eigenvalue weighted by Gasteiger charge is 2.33. The molecule has 194 valence electrons. The monoisotopic (exact) mass is 510 g/mol. The number of primary amides is 1. The van der Waals surface area contributed by atoms with Crippen molar-refractivity contribution >= 4 is 23.1 Å². The van der Waals surface area contributed by atoms with Crippen molar-refractivity contribution in [2.75, 3.05) is 32.9 Å². The van der Waals surface area contributed by atoms with Crippen molar-refractivity contribution in [2.45, 2.75) is 18.9 Å². The molecule has 1 atom stereocenters. The first kappa shape index (κ1) is 25.1. The molecule has 3 aromatic heterocycles. The fourth-order valence-electron chi connectivity index (χ4n) is 4.92. The van der Waals surface area contributed by atoms with Crippen molar-refractivity contribution in [1.29, 1.82) is 0 Å². The fourth-order valence-corrected chi connectivity index (χ4v) is 4.92. The zero-order valence-electron chi connectivity index (χ0n) is 21.4. The number of likely N-dealkylation sites (N-methyl/N-ethyl adjacent to an activating group) is 1. The molecule has 38 heavy (non-hydrogen) atoms. The maximum atomic E-state index is 13.1. The highest BCUT2D eigenvalue weighted by atomic mass is 16.2. The Bertz CT molecular complexity index is 1530. The van der Waals surface area contributed by atoms with Gasteiger partial charge in [0.1, 0.15) is 22.9 Å². The summed E-state index contributed by atoms with van der Waals surface area (Å²) in [4.78, 5) is 42.9. The molecule has 0 unspecified atom stereocenters. The van der Waals surface area contributed by atoms with Gasteiger partial charge in [0.25, 0.3) is 0 Å². The summed E-state index contributed by atoms with van der Waals surface area (Å²) >= 11 is 0. The molecule has 5 rings (SSSR count). The lowest BCUT2D eigenvalue weighted by atomic mass is 9.98. The van der Waals surface area contributed by atoms with E-state index in [1.807, 2.05) is 64.8 Å². The number of nitrogen functional groups attached to an aromatic ring is 1. The molecular weight excluding hydrogens is 480 g/mol. The first-order chi connectivity index (χ1) is 18.3. The molecule has 2 amide bonds. The van der Waals surface area contributed by atoms with Gasteiger partial charge in [-0.1, -0.05) is 18.2 Å². The number of pyridine rings is 1. The summed E-state index contributed by atoms with van der Waals surface area (Å²) in [6, 6.07) is 10.6. The van der Waals surface area contributed by atoms with Gasteiger partial charge < -0.3 is 21.3 Å². The zero-order valence-corrected chi connectivity index (χ0v) is 21.4. The van der Waals surface area contributed by atoms with Crippen molar-refractivity contribution in [2.24, 2.45) is 5.73 Å². The van der Waals surface area contributed by atoms with E-state index in [1.165, 1.54) is 0 Å². The number of benzene rings is 1. The van der Waals surface area contributed by atoms with Crippen LogP contribution in [0.15, 0.2) is 67.1 Å². The van der Waals surface area contributed by atoms with E-state index in [4.69, 9.17) is 16.5 Å². The lowest BCUT2D eigenvalue weighted by Gasteiger charge is -2.22. The minimum atomic E-state index is -0.545. The van der Waals surface area contributed by atoms with Crippen LogP contribution in [-0.4, -0.2) is 68.2 Å². The number of nitrogens with zero attached hydrogens (tertiary/aromatic N) is 6. The summed E-state index contributed by atoms with van der Waals surface area (Å²) in [5, 5.41) is 0. The molecule has 4 aromatic rings. The van der Waals surface area contributed by atoms with Crippen molar-refractivity contribution in [3.05, 3.63) is 78.5 Å². The van der Waals surface area contributed by atoms with Crippen LogP contribution in [0.2, 0.25) is 0 Å². The Morgan fingerprint density at radius 2 is 2.00 bits per heavy atom. The largest absolute Gasteiger partial charge is 0.382 e. The van der Waals surface area contributed by atoms with Crippen LogP contribution in [0.5, 0.6) is 0 Å².